The van der Waals surface area contributed by atoms with E-state index in [0.29, 0.717) is 6.54 Å². The molecule has 0 spiro atoms. The minimum atomic E-state index is -0.430. The molecule has 1 aromatic carbocycles. The smallest absolute Gasteiger partial charge is 0.314 e. The first-order valence-electron chi connectivity index (χ1n) is 5.02. The first-order valence-corrected chi connectivity index (χ1v) is 5.02. The second-order valence-corrected chi connectivity index (χ2v) is 3.87. The third-order valence-corrected chi connectivity index (χ3v) is 2.46. The van der Waals surface area contributed by atoms with E-state index in [2.05, 4.69) is 9.97 Å². The van der Waals surface area contributed by atoms with Crippen LogP contribution in [-0.2, 0) is 6.54 Å². The van der Waals surface area contributed by atoms with Gasteiger partial charge in [0, 0.05) is 13.6 Å². The fourth-order valence-corrected chi connectivity index (χ4v) is 1.63. The minimum absolute atomic E-state index is 0.430. The van der Waals surface area contributed by atoms with Gasteiger partial charge in [-0.15, -0.1) is 0 Å². The number of carbonyl (C=O) groups is 1. The van der Waals surface area contributed by atoms with Crippen LogP contribution in [0, 0.1) is 6.92 Å². The van der Waals surface area contributed by atoms with Crippen molar-refractivity contribution in [3.63, 3.8) is 0 Å². The summed E-state index contributed by atoms with van der Waals surface area (Å²) >= 11 is 0. The predicted molar refractivity (Wildman–Crippen MR) is 61.9 cm³/mol. The van der Waals surface area contributed by atoms with Gasteiger partial charge in [0.15, 0.2) is 0 Å². The van der Waals surface area contributed by atoms with Crippen LogP contribution in [0.5, 0.6) is 0 Å². The molecule has 84 valence electrons. The normalized spacial score (nSPS) is 10.6. The minimum Gasteiger partial charge on any atom is -0.351 e. The molecule has 5 heteroatoms. The number of benzene rings is 1. The molecule has 0 radical (unpaired) electrons. The van der Waals surface area contributed by atoms with E-state index in [0.717, 1.165) is 22.4 Å². The molecule has 1 heterocycles. The Bertz CT molecular complexity index is 532. The number of rotatable bonds is 2. The second-order valence-electron chi connectivity index (χ2n) is 3.87. The van der Waals surface area contributed by atoms with Crippen LogP contribution in [0.15, 0.2) is 18.2 Å². The van der Waals surface area contributed by atoms with Gasteiger partial charge in [0.2, 0.25) is 0 Å². The Morgan fingerprint density at radius 2 is 2.31 bits per heavy atom. The van der Waals surface area contributed by atoms with Gasteiger partial charge in [-0.05, 0) is 24.6 Å². The van der Waals surface area contributed by atoms with E-state index in [9.17, 15) is 4.79 Å². The zero-order valence-electron chi connectivity index (χ0n) is 9.32. The monoisotopic (exact) mass is 218 g/mol. The third-order valence-electron chi connectivity index (χ3n) is 2.46. The van der Waals surface area contributed by atoms with E-state index in [4.69, 9.17) is 5.73 Å². The number of nitrogens with zero attached hydrogens (tertiary/aromatic N) is 2. The molecule has 0 saturated heterocycles. The molecule has 0 bridgehead atoms. The summed E-state index contributed by atoms with van der Waals surface area (Å²) in [6.07, 6.45) is 0. The van der Waals surface area contributed by atoms with Crippen LogP contribution < -0.4 is 5.73 Å². The van der Waals surface area contributed by atoms with Crippen molar-refractivity contribution in [1.29, 1.82) is 0 Å². The molecule has 0 aliphatic carbocycles. The average Bonchev–Trinajstić information content (AvgIpc) is 2.57. The highest BCUT2D eigenvalue weighted by molar-refractivity contribution is 5.76. The topological polar surface area (TPSA) is 75.0 Å². The van der Waals surface area contributed by atoms with Crippen molar-refractivity contribution in [1.82, 2.24) is 14.9 Å². The lowest BCUT2D eigenvalue weighted by atomic mass is 10.2. The molecule has 0 unspecified atom stereocenters. The SMILES string of the molecule is Cc1nc2ccc(CN(C)C(N)=O)cc2[nH]1. The van der Waals surface area contributed by atoms with Crippen molar-refractivity contribution in [2.45, 2.75) is 13.5 Å². The van der Waals surface area contributed by atoms with E-state index in [1.165, 1.54) is 4.90 Å². The number of hydrogen-bond acceptors (Lipinski definition) is 2. The summed E-state index contributed by atoms with van der Waals surface area (Å²) in [6.45, 7) is 2.42. The van der Waals surface area contributed by atoms with Gasteiger partial charge in [-0.1, -0.05) is 6.07 Å². The van der Waals surface area contributed by atoms with E-state index < -0.39 is 6.03 Å². The fraction of sp³-hybridized carbons (Fsp3) is 0.273. The molecule has 2 amide bonds. The number of aryl methyl sites for hydroxylation is 1. The number of aromatic nitrogens is 2. The third kappa shape index (κ3) is 1.98. The maximum atomic E-state index is 10.9. The number of urea groups is 1. The van der Waals surface area contributed by atoms with E-state index in [-0.39, 0.29) is 0 Å². The van der Waals surface area contributed by atoms with Crippen molar-refractivity contribution in [3.8, 4) is 0 Å². The van der Waals surface area contributed by atoms with Crippen molar-refractivity contribution >= 4 is 17.1 Å². The van der Waals surface area contributed by atoms with Gasteiger partial charge in [0.05, 0.1) is 11.0 Å². The quantitative estimate of drug-likeness (QED) is 0.799. The van der Waals surface area contributed by atoms with Gasteiger partial charge in [0.1, 0.15) is 5.82 Å². The molecule has 2 rings (SSSR count). The Balaban J connectivity index is 2.28. The summed E-state index contributed by atoms with van der Waals surface area (Å²) in [5, 5.41) is 0. The lowest BCUT2D eigenvalue weighted by Crippen LogP contribution is -2.31. The first kappa shape index (κ1) is 10.5. The molecule has 1 aromatic heterocycles. The van der Waals surface area contributed by atoms with Crippen LogP contribution in [0.4, 0.5) is 4.79 Å². The fourth-order valence-electron chi connectivity index (χ4n) is 1.63. The Morgan fingerprint density at radius 1 is 1.56 bits per heavy atom. The average molecular weight is 218 g/mol. The molecular formula is C11H14N4O. The van der Waals surface area contributed by atoms with Crippen molar-refractivity contribution in [2.24, 2.45) is 5.73 Å². The van der Waals surface area contributed by atoms with Crippen molar-refractivity contribution < 1.29 is 4.79 Å². The molecule has 5 nitrogen and oxygen atoms in total. The molecule has 0 fully saturated rings. The summed E-state index contributed by atoms with van der Waals surface area (Å²) in [7, 11) is 1.67. The van der Waals surface area contributed by atoms with Crippen molar-refractivity contribution in [2.75, 3.05) is 7.05 Å². The van der Waals surface area contributed by atoms with E-state index in [1.807, 2.05) is 25.1 Å². The highest BCUT2D eigenvalue weighted by Crippen LogP contribution is 2.14. The first-order chi connectivity index (χ1) is 7.56. The van der Waals surface area contributed by atoms with Crippen LogP contribution in [0.1, 0.15) is 11.4 Å². The van der Waals surface area contributed by atoms with E-state index >= 15 is 0 Å². The van der Waals surface area contributed by atoms with Crippen LogP contribution in [-0.4, -0.2) is 27.9 Å². The number of imidazole rings is 1. The number of H-pyrrole nitrogens is 1. The Kier molecular flexibility index (Phi) is 2.52. The molecular weight excluding hydrogens is 204 g/mol. The van der Waals surface area contributed by atoms with Gasteiger partial charge < -0.3 is 15.6 Å². The van der Waals surface area contributed by atoms with Gasteiger partial charge in [-0.2, -0.15) is 0 Å². The molecule has 3 N–H and O–H groups in total. The lowest BCUT2D eigenvalue weighted by Gasteiger charge is -2.13. The molecule has 16 heavy (non-hydrogen) atoms. The van der Waals surface area contributed by atoms with Gasteiger partial charge >= 0.3 is 6.03 Å². The number of nitrogens with one attached hydrogen (secondary N) is 1. The summed E-state index contributed by atoms with van der Waals surface area (Å²) < 4.78 is 0. The van der Waals surface area contributed by atoms with Gasteiger partial charge in [-0.3, -0.25) is 0 Å². The van der Waals surface area contributed by atoms with Crippen molar-refractivity contribution in [3.05, 3.63) is 29.6 Å². The number of nitrogens with two attached hydrogens (primary N) is 1. The highest BCUT2D eigenvalue weighted by Gasteiger charge is 2.06. The Hall–Kier alpha value is -2.04. The van der Waals surface area contributed by atoms with Crippen LogP contribution in [0.25, 0.3) is 11.0 Å². The van der Waals surface area contributed by atoms with E-state index in [1.54, 1.807) is 7.05 Å². The molecule has 0 aliphatic heterocycles. The maximum Gasteiger partial charge on any atom is 0.314 e. The van der Waals surface area contributed by atoms with Crippen LogP contribution in [0.2, 0.25) is 0 Å². The highest BCUT2D eigenvalue weighted by atomic mass is 16.2. The number of aromatic amines is 1. The second kappa shape index (κ2) is 3.84. The number of amides is 2. The van der Waals surface area contributed by atoms with Gasteiger partial charge in [-0.25, -0.2) is 9.78 Å². The standard InChI is InChI=1S/C11H14N4O/c1-7-13-9-4-3-8(5-10(9)14-7)6-15(2)11(12)16/h3-5H,6H2,1-2H3,(H2,12,16)(H,13,14). The van der Waals surface area contributed by atoms with Crippen LogP contribution in [0.3, 0.4) is 0 Å². The predicted octanol–water partition coefficient (Wildman–Crippen LogP) is 1.38. The molecule has 0 atom stereocenters. The number of primary amides is 1. The molecule has 0 aliphatic rings. The number of hydrogen-bond donors (Lipinski definition) is 2. The van der Waals surface area contributed by atoms with Crippen LogP contribution >= 0.6 is 0 Å². The summed E-state index contributed by atoms with van der Waals surface area (Å²) in [5.74, 6) is 0.885. The Labute approximate surface area is 93.3 Å². The number of fused-ring (bicyclic) bond motifs is 1. The van der Waals surface area contributed by atoms with Gasteiger partial charge in [0.25, 0.3) is 0 Å². The summed E-state index contributed by atoms with van der Waals surface area (Å²) in [6, 6.07) is 5.43. The zero-order valence-corrected chi connectivity index (χ0v) is 9.32. The zero-order chi connectivity index (χ0) is 11.7. The summed E-state index contributed by atoms with van der Waals surface area (Å²) in [4.78, 5) is 19.8. The largest absolute Gasteiger partial charge is 0.351 e. The molecule has 0 saturated carbocycles. The number of carbonyl (C=O) groups excluding carboxylic acids is 1. The lowest BCUT2D eigenvalue weighted by molar-refractivity contribution is 0.216. The maximum absolute atomic E-state index is 10.9. The Morgan fingerprint density at radius 3 is 3.00 bits per heavy atom. The molecule has 2 aromatic rings. The summed E-state index contributed by atoms with van der Waals surface area (Å²) in [5.41, 5.74) is 8.11.